The second kappa shape index (κ2) is 17.1. The van der Waals surface area contributed by atoms with Gasteiger partial charge in [-0.2, -0.15) is 0 Å². The number of furan rings is 2. The maximum atomic E-state index is 6.88. The summed E-state index contributed by atoms with van der Waals surface area (Å²) in [7, 11) is 0. The molecule has 17 aromatic rings. The number of fused-ring (bicyclic) bond motifs is 15. The molecule has 0 aliphatic heterocycles. The number of anilines is 6. The van der Waals surface area contributed by atoms with E-state index in [2.05, 4.69) is 286 Å². The molecule has 5 aromatic heterocycles. The van der Waals surface area contributed by atoms with E-state index in [9.17, 15) is 0 Å². The van der Waals surface area contributed by atoms with E-state index < -0.39 is 0 Å². The summed E-state index contributed by atoms with van der Waals surface area (Å²) in [6.45, 7) is 0. The van der Waals surface area contributed by atoms with Crippen molar-refractivity contribution in [1.29, 1.82) is 0 Å². The van der Waals surface area contributed by atoms with Gasteiger partial charge in [0.2, 0.25) is 0 Å². The summed E-state index contributed by atoms with van der Waals surface area (Å²) in [6, 6.07) is 95.9. The first-order valence-electron chi connectivity index (χ1n) is 26.7. The van der Waals surface area contributed by atoms with Crippen molar-refractivity contribution in [3.63, 3.8) is 0 Å². The monoisotopic (exact) mass is 1030 g/mol. The van der Waals surface area contributed by atoms with Gasteiger partial charge in [0.05, 0.1) is 22.1 Å². The molecule has 0 saturated carbocycles. The fraction of sp³-hybridized carbons (Fsp3) is 0. The molecule has 0 N–H and O–H groups in total. The zero-order chi connectivity index (χ0) is 51.7. The lowest BCUT2D eigenvalue weighted by Crippen LogP contribution is -2.09. The maximum Gasteiger partial charge on any atom is 0.137 e. The Morgan fingerprint density at radius 2 is 0.595 bits per heavy atom. The van der Waals surface area contributed by atoms with Crippen molar-refractivity contribution in [2.75, 3.05) is 9.80 Å². The molecule has 12 aromatic carbocycles. The lowest BCUT2D eigenvalue weighted by atomic mass is 10.1. The van der Waals surface area contributed by atoms with Gasteiger partial charge in [-0.15, -0.1) is 11.3 Å². The van der Waals surface area contributed by atoms with Crippen LogP contribution in [0.15, 0.2) is 276 Å². The quantitative estimate of drug-likeness (QED) is 0.152. The van der Waals surface area contributed by atoms with Gasteiger partial charge in [0.15, 0.2) is 0 Å². The maximum absolute atomic E-state index is 6.88. The standard InChI is InChI=1S/C72H44N4O2S/c1-5-17-45(18-6-1)73(49-31-35-65-57(37-49)53-25-13-15-27-63(53)75(65)47-21-9-3-10-22-47)51-29-33-55-59-43-71-61(41-69(59)77-67(55)39-51)62-42-70-60(44-72(62)79-71)56-34-30-52(40-68(56)78-70)74(46-19-7-2-8-20-46)50-32-36-66-58(38-50)54-26-14-16-28-64(54)76(66)48-23-11-4-12-24-48/h1-44H. The molecule has 5 heterocycles. The number of benzene rings is 12. The Morgan fingerprint density at radius 1 is 0.241 bits per heavy atom. The van der Waals surface area contributed by atoms with Crippen LogP contribution < -0.4 is 9.80 Å². The van der Waals surface area contributed by atoms with Crippen molar-refractivity contribution < 1.29 is 8.83 Å². The molecule has 0 amide bonds. The fourth-order valence-corrected chi connectivity index (χ4v) is 13.7. The van der Waals surface area contributed by atoms with E-state index >= 15 is 0 Å². The van der Waals surface area contributed by atoms with Gasteiger partial charge in [0, 0.05) is 121 Å². The smallest absolute Gasteiger partial charge is 0.137 e. The topological polar surface area (TPSA) is 42.6 Å². The summed E-state index contributed by atoms with van der Waals surface area (Å²) >= 11 is 1.82. The number of para-hydroxylation sites is 6. The van der Waals surface area contributed by atoms with Crippen LogP contribution in [0.25, 0.3) is 119 Å². The fourth-order valence-electron chi connectivity index (χ4n) is 12.5. The van der Waals surface area contributed by atoms with E-state index in [0.29, 0.717) is 0 Å². The summed E-state index contributed by atoms with van der Waals surface area (Å²) in [5, 5.41) is 11.5. The number of hydrogen-bond donors (Lipinski definition) is 0. The summed E-state index contributed by atoms with van der Waals surface area (Å²) < 4.78 is 20.9. The highest BCUT2D eigenvalue weighted by atomic mass is 32.1. The lowest BCUT2D eigenvalue weighted by Gasteiger charge is -2.25. The van der Waals surface area contributed by atoms with Crippen LogP contribution in [0.1, 0.15) is 0 Å². The summed E-state index contributed by atoms with van der Waals surface area (Å²) in [5.41, 5.74) is 16.7. The molecule has 0 spiro atoms. The molecule has 0 atom stereocenters. The van der Waals surface area contributed by atoms with Crippen molar-refractivity contribution in [3.8, 4) is 11.4 Å². The Morgan fingerprint density at radius 3 is 1.04 bits per heavy atom. The second-order valence-corrected chi connectivity index (χ2v) is 21.6. The third-order valence-electron chi connectivity index (χ3n) is 16.0. The summed E-state index contributed by atoms with van der Waals surface area (Å²) in [5.74, 6) is 0. The number of nitrogens with zero attached hydrogens (tertiary/aromatic N) is 4. The van der Waals surface area contributed by atoms with Crippen LogP contribution in [-0.2, 0) is 0 Å². The van der Waals surface area contributed by atoms with E-state index in [0.717, 1.165) is 100 Å². The van der Waals surface area contributed by atoms with Crippen molar-refractivity contribution in [3.05, 3.63) is 267 Å². The van der Waals surface area contributed by atoms with Gasteiger partial charge >= 0.3 is 0 Å². The molecule has 0 radical (unpaired) electrons. The minimum atomic E-state index is 0.844. The molecule has 0 bridgehead atoms. The summed E-state index contributed by atoms with van der Waals surface area (Å²) in [4.78, 5) is 4.67. The molecule has 79 heavy (non-hydrogen) atoms. The largest absolute Gasteiger partial charge is 0.456 e. The molecule has 0 unspecified atom stereocenters. The van der Waals surface area contributed by atoms with Crippen LogP contribution in [0.2, 0.25) is 0 Å². The number of aromatic nitrogens is 2. The van der Waals surface area contributed by atoms with Crippen molar-refractivity contribution >= 4 is 153 Å². The normalized spacial score (nSPS) is 12.1. The molecule has 17 rings (SSSR count). The van der Waals surface area contributed by atoms with E-state index in [1.165, 1.54) is 53.0 Å². The van der Waals surface area contributed by atoms with Crippen molar-refractivity contribution in [2.24, 2.45) is 0 Å². The van der Waals surface area contributed by atoms with Gasteiger partial charge in [0.1, 0.15) is 22.3 Å². The first-order valence-corrected chi connectivity index (χ1v) is 27.5. The third kappa shape index (κ3) is 6.76. The average Bonchev–Trinajstić information content (AvgIpc) is 4.51. The molecular weight excluding hydrogens is 985 g/mol. The van der Waals surface area contributed by atoms with Crippen LogP contribution in [0.4, 0.5) is 34.1 Å². The van der Waals surface area contributed by atoms with Gasteiger partial charge in [-0.25, -0.2) is 0 Å². The van der Waals surface area contributed by atoms with Gasteiger partial charge in [-0.05, 0) is 146 Å². The third-order valence-corrected chi connectivity index (χ3v) is 17.1. The highest BCUT2D eigenvalue weighted by Gasteiger charge is 2.23. The van der Waals surface area contributed by atoms with Crippen LogP contribution >= 0.6 is 11.3 Å². The molecule has 0 aliphatic carbocycles. The van der Waals surface area contributed by atoms with Gasteiger partial charge < -0.3 is 27.8 Å². The van der Waals surface area contributed by atoms with Crippen LogP contribution in [0.5, 0.6) is 0 Å². The zero-order valence-electron chi connectivity index (χ0n) is 42.4. The van der Waals surface area contributed by atoms with Gasteiger partial charge in [-0.1, -0.05) is 109 Å². The highest BCUT2D eigenvalue weighted by molar-refractivity contribution is 7.26. The molecule has 0 saturated heterocycles. The van der Waals surface area contributed by atoms with Crippen LogP contribution in [-0.4, -0.2) is 9.13 Å². The lowest BCUT2D eigenvalue weighted by molar-refractivity contribution is 0.669. The first kappa shape index (κ1) is 43.9. The predicted molar refractivity (Wildman–Crippen MR) is 332 cm³/mol. The molecular formula is C72H44N4O2S. The van der Waals surface area contributed by atoms with Crippen molar-refractivity contribution in [1.82, 2.24) is 9.13 Å². The van der Waals surface area contributed by atoms with E-state index in [-0.39, 0.29) is 0 Å². The summed E-state index contributed by atoms with van der Waals surface area (Å²) in [6.07, 6.45) is 0. The second-order valence-electron chi connectivity index (χ2n) is 20.5. The molecule has 370 valence electrons. The van der Waals surface area contributed by atoms with Gasteiger partial charge in [-0.3, -0.25) is 0 Å². The van der Waals surface area contributed by atoms with E-state index in [1.54, 1.807) is 0 Å². The number of thiophene rings is 1. The van der Waals surface area contributed by atoms with Crippen LogP contribution in [0.3, 0.4) is 0 Å². The average molecular weight is 1030 g/mol. The number of rotatable bonds is 8. The van der Waals surface area contributed by atoms with E-state index in [4.69, 9.17) is 8.83 Å². The molecule has 6 nitrogen and oxygen atoms in total. The Bertz CT molecular complexity index is 4940. The molecule has 0 aliphatic rings. The van der Waals surface area contributed by atoms with Gasteiger partial charge in [0.25, 0.3) is 0 Å². The predicted octanol–water partition coefficient (Wildman–Crippen LogP) is 21.0. The SMILES string of the molecule is c1ccc(N(c2ccc3c(c2)oc2cc4c(cc23)sc2cc3c(cc24)oc2cc(N(c4ccccc4)c4ccc5c(c4)c4ccccc4n5-c4ccccc4)ccc23)c2ccc3c(c2)c2ccccc2n3-c2ccccc2)cc1. The van der Waals surface area contributed by atoms with E-state index in [1.807, 2.05) is 11.3 Å². The highest BCUT2D eigenvalue weighted by Crippen LogP contribution is 2.47. The Labute approximate surface area is 456 Å². The van der Waals surface area contributed by atoms with Crippen molar-refractivity contribution in [2.45, 2.75) is 0 Å². The Kier molecular flexibility index (Phi) is 9.48. The Hall–Kier alpha value is -10.3. The zero-order valence-corrected chi connectivity index (χ0v) is 43.2. The minimum absolute atomic E-state index is 0.844. The number of hydrogen-bond acceptors (Lipinski definition) is 5. The van der Waals surface area contributed by atoms with Crippen LogP contribution in [0, 0.1) is 0 Å². The minimum Gasteiger partial charge on any atom is -0.456 e. The first-order chi connectivity index (χ1) is 39.1. The molecule has 7 heteroatoms. The molecule has 0 fully saturated rings. The Balaban J connectivity index is 0.755.